The molecule has 0 saturated carbocycles. The van der Waals surface area contributed by atoms with Crippen LogP contribution in [0.25, 0.3) is 10.9 Å². The van der Waals surface area contributed by atoms with E-state index in [9.17, 15) is 4.79 Å². The molecule has 0 radical (unpaired) electrons. The highest BCUT2D eigenvalue weighted by Gasteiger charge is 2.19. The summed E-state index contributed by atoms with van der Waals surface area (Å²) in [5, 5.41) is 8.86. The summed E-state index contributed by atoms with van der Waals surface area (Å²) in [5.74, 6) is 1.66. The molecule has 0 N–H and O–H groups in total. The minimum atomic E-state index is -0.107. The number of aromatic nitrogens is 3. The lowest BCUT2D eigenvalue weighted by molar-refractivity contribution is 0.0763. The van der Waals surface area contributed by atoms with Gasteiger partial charge in [0.1, 0.15) is 11.4 Å². The Balaban J connectivity index is 1.85. The van der Waals surface area contributed by atoms with E-state index in [4.69, 9.17) is 9.15 Å². The zero-order valence-corrected chi connectivity index (χ0v) is 14.2. The lowest BCUT2D eigenvalue weighted by Crippen LogP contribution is -2.28. The van der Waals surface area contributed by atoms with Crippen LogP contribution in [0.4, 0.5) is 0 Å². The summed E-state index contributed by atoms with van der Waals surface area (Å²) in [4.78, 5) is 14.3. The van der Waals surface area contributed by atoms with E-state index >= 15 is 0 Å². The molecule has 7 nitrogen and oxygen atoms in total. The molecule has 0 spiro atoms. The normalized spacial score (nSPS) is 11.0. The van der Waals surface area contributed by atoms with Crippen molar-refractivity contribution in [2.75, 3.05) is 14.2 Å². The van der Waals surface area contributed by atoms with Crippen molar-refractivity contribution in [1.29, 1.82) is 0 Å². The lowest BCUT2D eigenvalue weighted by atomic mass is 10.2. The van der Waals surface area contributed by atoms with E-state index in [0.717, 1.165) is 16.7 Å². The average molecular weight is 328 g/mol. The third-order valence-corrected chi connectivity index (χ3v) is 4.00. The number of ether oxygens (including phenoxy) is 1. The smallest absolute Gasteiger partial charge is 0.270 e. The van der Waals surface area contributed by atoms with Gasteiger partial charge in [-0.15, -0.1) is 10.2 Å². The number of benzene rings is 1. The number of rotatable bonds is 5. The second-order valence-corrected chi connectivity index (χ2v) is 5.62. The first-order valence-corrected chi connectivity index (χ1v) is 7.73. The van der Waals surface area contributed by atoms with Crippen LogP contribution in [0, 0.1) is 0 Å². The lowest BCUT2D eigenvalue weighted by Gasteiger charge is -2.15. The monoisotopic (exact) mass is 328 g/mol. The summed E-state index contributed by atoms with van der Waals surface area (Å²) in [6.45, 7) is 2.21. The maximum absolute atomic E-state index is 12.8. The van der Waals surface area contributed by atoms with E-state index in [-0.39, 0.29) is 12.5 Å². The van der Waals surface area contributed by atoms with Gasteiger partial charge in [0, 0.05) is 32.0 Å². The molecule has 24 heavy (non-hydrogen) atoms. The molecule has 0 unspecified atom stereocenters. The molecule has 3 aromatic rings. The highest BCUT2D eigenvalue weighted by atomic mass is 16.5. The van der Waals surface area contributed by atoms with Crippen molar-refractivity contribution in [1.82, 2.24) is 19.7 Å². The number of fused-ring (bicyclic) bond motifs is 1. The van der Waals surface area contributed by atoms with Crippen LogP contribution in [-0.4, -0.2) is 39.7 Å². The molecule has 0 aliphatic heterocycles. The predicted molar refractivity (Wildman–Crippen MR) is 88.9 cm³/mol. The third kappa shape index (κ3) is 2.84. The molecule has 0 aliphatic rings. The standard InChI is InChI=1S/C17H20N4O3/c1-5-15-18-19-16(24-15)10-20(2)17(22)14-8-11-6-7-12(23-4)9-13(11)21(14)3/h6-9H,5,10H2,1-4H3. The van der Waals surface area contributed by atoms with Gasteiger partial charge in [0.25, 0.3) is 5.91 Å². The van der Waals surface area contributed by atoms with Gasteiger partial charge in [-0.25, -0.2) is 0 Å². The van der Waals surface area contributed by atoms with Gasteiger partial charge in [-0.3, -0.25) is 4.79 Å². The van der Waals surface area contributed by atoms with Crippen LogP contribution in [0.15, 0.2) is 28.7 Å². The molecule has 0 bridgehead atoms. The summed E-state index contributed by atoms with van der Waals surface area (Å²) in [7, 11) is 5.21. The van der Waals surface area contributed by atoms with Gasteiger partial charge < -0.3 is 18.6 Å². The number of hydrogen-bond donors (Lipinski definition) is 0. The zero-order chi connectivity index (χ0) is 17.3. The minimum Gasteiger partial charge on any atom is -0.497 e. The van der Waals surface area contributed by atoms with Crippen molar-refractivity contribution in [2.45, 2.75) is 19.9 Å². The van der Waals surface area contributed by atoms with Gasteiger partial charge in [0.05, 0.1) is 19.2 Å². The first kappa shape index (κ1) is 16.0. The molecule has 1 amide bonds. The Morgan fingerprint density at radius 2 is 2.04 bits per heavy atom. The van der Waals surface area contributed by atoms with E-state index in [1.165, 1.54) is 0 Å². The van der Waals surface area contributed by atoms with Crippen molar-refractivity contribution in [2.24, 2.45) is 7.05 Å². The van der Waals surface area contributed by atoms with Crippen LogP contribution in [0.1, 0.15) is 29.2 Å². The van der Waals surface area contributed by atoms with E-state index in [1.54, 1.807) is 19.1 Å². The maximum atomic E-state index is 12.8. The Morgan fingerprint density at radius 3 is 2.71 bits per heavy atom. The fraction of sp³-hybridized carbons (Fsp3) is 0.353. The molecule has 1 aromatic carbocycles. The molecule has 7 heteroatoms. The fourth-order valence-electron chi connectivity index (χ4n) is 2.61. The Labute approximate surface area is 139 Å². The van der Waals surface area contributed by atoms with Gasteiger partial charge in [-0.2, -0.15) is 0 Å². The maximum Gasteiger partial charge on any atom is 0.270 e. The van der Waals surface area contributed by atoms with Gasteiger partial charge in [-0.1, -0.05) is 6.92 Å². The highest BCUT2D eigenvalue weighted by Crippen LogP contribution is 2.24. The summed E-state index contributed by atoms with van der Waals surface area (Å²) >= 11 is 0. The Bertz CT molecular complexity index is 881. The van der Waals surface area contributed by atoms with Crippen molar-refractivity contribution in [3.63, 3.8) is 0 Å². The van der Waals surface area contributed by atoms with Gasteiger partial charge >= 0.3 is 0 Å². The van der Waals surface area contributed by atoms with Gasteiger partial charge in [0.2, 0.25) is 11.8 Å². The number of carbonyl (C=O) groups excluding carboxylic acids is 1. The zero-order valence-electron chi connectivity index (χ0n) is 14.2. The van der Waals surface area contributed by atoms with Crippen LogP contribution in [0.3, 0.4) is 0 Å². The topological polar surface area (TPSA) is 73.4 Å². The molecule has 2 heterocycles. The third-order valence-electron chi connectivity index (χ3n) is 4.00. The quantitative estimate of drug-likeness (QED) is 0.719. The van der Waals surface area contributed by atoms with Crippen molar-refractivity contribution in [3.8, 4) is 5.75 Å². The SMILES string of the molecule is CCc1nnc(CN(C)C(=O)c2cc3ccc(OC)cc3n2C)o1. The Morgan fingerprint density at radius 1 is 1.29 bits per heavy atom. The predicted octanol–water partition coefficient (Wildman–Crippen LogP) is 2.40. The number of aryl methyl sites for hydroxylation is 2. The van der Waals surface area contributed by atoms with E-state index < -0.39 is 0 Å². The van der Waals surface area contributed by atoms with Crippen LogP contribution in [0.2, 0.25) is 0 Å². The average Bonchev–Trinajstić information content (AvgIpc) is 3.18. The molecule has 0 aliphatic carbocycles. The number of carbonyl (C=O) groups is 1. The largest absolute Gasteiger partial charge is 0.497 e. The van der Waals surface area contributed by atoms with Gasteiger partial charge in [0.15, 0.2) is 0 Å². The fourth-order valence-corrected chi connectivity index (χ4v) is 2.61. The van der Waals surface area contributed by atoms with Crippen LogP contribution in [-0.2, 0) is 20.0 Å². The van der Waals surface area contributed by atoms with Crippen LogP contribution in [0.5, 0.6) is 5.75 Å². The van der Waals surface area contributed by atoms with Crippen LogP contribution >= 0.6 is 0 Å². The molecule has 126 valence electrons. The summed E-state index contributed by atoms with van der Waals surface area (Å²) in [5.41, 5.74) is 1.54. The molecule has 0 atom stereocenters. The first-order valence-electron chi connectivity index (χ1n) is 7.73. The second-order valence-electron chi connectivity index (χ2n) is 5.62. The van der Waals surface area contributed by atoms with Crippen molar-refractivity contribution in [3.05, 3.63) is 41.7 Å². The van der Waals surface area contributed by atoms with E-state index in [0.29, 0.717) is 23.9 Å². The van der Waals surface area contributed by atoms with Crippen molar-refractivity contribution >= 4 is 16.8 Å². The number of hydrogen-bond acceptors (Lipinski definition) is 5. The molecule has 3 rings (SSSR count). The van der Waals surface area contributed by atoms with E-state index in [2.05, 4.69) is 10.2 Å². The van der Waals surface area contributed by atoms with Crippen molar-refractivity contribution < 1.29 is 13.9 Å². The molecule has 2 aromatic heterocycles. The summed E-state index contributed by atoms with van der Waals surface area (Å²) < 4.78 is 12.6. The van der Waals surface area contributed by atoms with E-state index in [1.807, 2.05) is 42.8 Å². The highest BCUT2D eigenvalue weighted by molar-refractivity contribution is 5.98. The van der Waals surface area contributed by atoms with Crippen LogP contribution < -0.4 is 4.74 Å². The number of methoxy groups -OCH3 is 1. The molecular formula is C17H20N4O3. The second kappa shape index (κ2) is 6.35. The molecule has 0 fully saturated rings. The number of nitrogens with zero attached hydrogens (tertiary/aromatic N) is 4. The Hall–Kier alpha value is -2.83. The summed E-state index contributed by atoms with van der Waals surface area (Å²) in [6, 6.07) is 7.61. The minimum absolute atomic E-state index is 0.107. The number of amides is 1. The molecular weight excluding hydrogens is 308 g/mol. The first-order chi connectivity index (χ1) is 11.5. The summed E-state index contributed by atoms with van der Waals surface area (Å²) in [6.07, 6.45) is 0.676. The molecule has 0 saturated heterocycles. The Kier molecular flexibility index (Phi) is 4.24. The van der Waals surface area contributed by atoms with Gasteiger partial charge in [-0.05, 0) is 18.2 Å².